The summed E-state index contributed by atoms with van der Waals surface area (Å²) in [4.78, 5) is 11.1. The predicted octanol–water partition coefficient (Wildman–Crippen LogP) is 4.57. The van der Waals surface area contributed by atoms with Gasteiger partial charge in [-0.05, 0) is 36.1 Å². The molecule has 0 aliphatic rings. The highest BCUT2D eigenvalue weighted by Gasteiger charge is 2.17. The van der Waals surface area contributed by atoms with Crippen LogP contribution in [0.5, 0.6) is 0 Å². The summed E-state index contributed by atoms with van der Waals surface area (Å²) in [5, 5.41) is 2.81. The van der Waals surface area contributed by atoms with E-state index in [9.17, 15) is 8.78 Å². The van der Waals surface area contributed by atoms with Crippen molar-refractivity contribution in [2.24, 2.45) is 0 Å². The Hall–Kier alpha value is -2.08. The second-order valence-corrected chi connectivity index (χ2v) is 6.11. The smallest absolute Gasteiger partial charge is 0.297 e. The molecule has 3 rings (SSSR count). The summed E-state index contributed by atoms with van der Waals surface area (Å²) in [7, 11) is 1.86. The summed E-state index contributed by atoms with van der Waals surface area (Å²) in [5.74, 6) is 0.108. The fourth-order valence-corrected chi connectivity index (χ4v) is 3.28. The van der Waals surface area contributed by atoms with E-state index < -0.39 is 12.2 Å². The first kappa shape index (κ1) is 14.8. The molecule has 114 valence electrons. The number of hydrogen-bond donors (Lipinski definition) is 0. The molecule has 22 heavy (non-hydrogen) atoms. The van der Waals surface area contributed by atoms with Crippen molar-refractivity contribution in [2.45, 2.75) is 19.9 Å². The highest BCUT2D eigenvalue weighted by atomic mass is 32.1. The van der Waals surface area contributed by atoms with Crippen LogP contribution in [-0.2, 0) is 6.54 Å². The Bertz CT molecular complexity index is 801. The van der Waals surface area contributed by atoms with Crippen molar-refractivity contribution in [3.63, 3.8) is 0 Å². The minimum atomic E-state index is -2.68. The Balaban J connectivity index is 2.06. The highest BCUT2D eigenvalue weighted by molar-refractivity contribution is 7.10. The molecule has 2 aromatic heterocycles. The van der Waals surface area contributed by atoms with Gasteiger partial charge in [0.15, 0.2) is 5.82 Å². The molecule has 0 aliphatic carbocycles. The number of rotatable bonds is 4. The lowest BCUT2D eigenvalue weighted by Crippen LogP contribution is -2.19. The maximum absolute atomic E-state index is 13.0. The van der Waals surface area contributed by atoms with Gasteiger partial charge in [0.1, 0.15) is 5.82 Å². The molecule has 6 heteroatoms. The third kappa shape index (κ3) is 2.78. The van der Waals surface area contributed by atoms with Crippen LogP contribution in [0.2, 0.25) is 0 Å². The van der Waals surface area contributed by atoms with Crippen LogP contribution in [0.25, 0.3) is 10.9 Å². The maximum Gasteiger partial charge on any atom is 0.297 e. The third-order valence-corrected chi connectivity index (χ3v) is 4.51. The number of hydrogen-bond acceptors (Lipinski definition) is 4. The van der Waals surface area contributed by atoms with Crippen LogP contribution in [0.1, 0.15) is 22.7 Å². The number of halogens is 2. The Morgan fingerprint density at radius 2 is 1.95 bits per heavy atom. The quantitative estimate of drug-likeness (QED) is 0.705. The van der Waals surface area contributed by atoms with Crippen LogP contribution in [0, 0.1) is 6.92 Å². The van der Waals surface area contributed by atoms with Gasteiger partial charge >= 0.3 is 0 Å². The van der Waals surface area contributed by atoms with Gasteiger partial charge < -0.3 is 4.90 Å². The van der Waals surface area contributed by atoms with Crippen molar-refractivity contribution in [3.8, 4) is 0 Å². The number of aromatic nitrogens is 2. The van der Waals surface area contributed by atoms with E-state index in [0.717, 1.165) is 5.39 Å². The van der Waals surface area contributed by atoms with Gasteiger partial charge in [0.05, 0.1) is 12.1 Å². The number of benzene rings is 1. The van der Waals surface area contributed by atoms with Gasteiger partial charge in [-0.25, -0.2) is 18.7 Å². The molecule has 0 amide bonds. The molecule has 3 nitrogen and oxygen atoms in total. The zero-order chi connectivity index (χ0) is 15.7. The van der Waals surface area contributed by atoms with E-state index in [2.05, 4.69) is 16.0 Å². The zero-order valence-electron chi connectivity index (χ0n) is 12.3. The van der Waals surface area contributed by atoms with E-state index in [1.54, 1.807) is 23.5 Å². The molecular formula is C16H15F2N3S. The summed E-state index contributed by atoms with van der Waals surface area (Å²) in [6.45, 7) is 2.68. The average Bonchev–Trinajstić information content (AvgIpc) is 2.91. The SMILES string of the molecule is Cc1ccsc1CN(C)c1nc(C(F)F)nc2ccccc12. The third-order valence-electron chi connectivity index (χ3n) is 3.51. The molecule has 0 atom stereocenters. The molecule has 3 aromatic rings. The van der Waals surface area contributed by atoms with Crippen LogP contribution in [0.3, 0.4) is 0 Å². The number of para-hydroxylation sites is 1. The second-order valence-electron chi connectivity index (χ2n) is 5.11. The summed E-state index contributed by atoms with van der Waals surface area (Å²) in [5.41, 5.74) is 1.74. The van der Waals surface area contributed by atoms with Crippen molar-refractivity contribution in [3.05, 3.63) is 52.0 Å². The fraction of sp³-hybridized carbons (Fsp3) is 0.250. The molecule has 0 N–H and O–H groups in total. The summed E-state index contributed by atoms with van der Waals surface area (Å²) in [6.07, 6.45) is -2.68. The monoisotopic (exact) mass is 319 g/mol. The number of thiophene rings is 1. The van der Waals surface area contributed by atoms with Crippen LogP contribution in [-0.4, -0.2) is 17.0 Å². The normalized spacial score (nSPS) is 11.3. The molecular weight excluding hydrogens is 304 g/mol. The first-order valence-electron chi connectivity index (χ1n) is 6.85. The van der Waals surface area contributed by atoms with E-state index in [1.165, 1.54) is 10.4 Å². The minimum absolute atomic E-state index is 0.427. The van der Waals surface area contributed by atoms with Gasteiger partial charge in [0, 0.05) is 17.3 Å². The van der Waals surface area contributed by atoms with Gasteiger partial charge in [-0.2, -0.15) is 0 Å². The van der Waals surface area contributed by atoms with Crippen LogP contribution in [0.4, 0.5) is 14.6 Å². The van der Waals surface area contributed by atoms with Crippen molar-refractivity contribution in [1.29, 1.82) is 0 Å². The topological polar surface area (TPSA) is 29.0 Å². The van der Waals surface area contributed by atoms with Crippen molar-refractivity contribution < 1.29 is 8.78 Å². The first-order valence-corrected chi connectivity index (χ1v) is 7.73. The predicted molar refractivity (Wildman–Crippen MR) is 85.7 cm³/mol. The number of nitrogens with zero attached hydrogens (tertiary/aromatic N) is 3. The number of aryl methyl sites for hydroxylation is 1. The molecule has 0 aliphatic heterocycles. The lowest BCUT2D eigenvalue weighted by molar-refractivity contribution is 0.141. The lowest BCUT2D eigenvalue weighted by atomic mass is 10.2. The highest BCUT2D eigenvalue weighted by Crippen LogP contribution is 2.28. The summed E-state index contributed by atoms with van der Waals surface area (Å²) >= 11 is 1.66. The van der Waals surface area contributed by atoms with Gasteiger partial charge in [-0.1, -0.05) is 12.1 Å². The van der Waals surface area contributed by atoms with E-state index in [4.69, 9.17) is 0 Å². The van der Waals surface area contributed by atoms with Gasteiger partial charge in [-0.15, -0.1) is 11.3 Å². The molecule has 0 unspecified atom stereocenters. The van der Waals surface area contributed by atoms with E-state index in [-0.39, 0.29) is 0 Å². The van der Waals surface area contributed by atoms with Crippen LogP contribution >= 0.6 is 11.3 Å². The number of fused-ring (bicyclic) bond motifs is 1. The standard InChI is InChI=1S/C16H15F2N3S/c1-10-7-8-22-13(10)9-21(2)16-11-5-3-4-6-12(11)19-15(20-16)14(17)18/h3-8,14H,9H2,1-2H3. The van der Waals surface area contributed by atoms with E-state index >= 15 is 0 Å². The zero-order valence-corrected chi connectivity index (χ0v) is 13.1. The Kier molecular flexibility index (Phi) is 4.02. The largest absolute Gasteiger partial charge is 0.354 e. The Morgan fingerprint density at radius 1 is 1.18 bits per heavy atom. The lowest BCUT2D eigenvalue weighted by Gasteiger charge is -2.20. The molecule has 1 aromatic carbocycles. The maximum atomic E-state index is 13.0. The summed E-state index contributed by atoms with van der Waals surface area (Å²) < 4.78 is 26.1. The first-order chi connectivity index (χ1) is 10.6. The summed E-state index contributed by atoms with van der Waals surface area (Å²) in [6, 6.07) is 9.30. The second kappa shape index (κ2) is 5.96. The Morgan fingerprint density at radius 3 is 2.64 bits per heavy atom. The molecule has 0 spiro atoms. The molecule has 0 saturated heterocycles. The molecule has 0 radical (unpaired) electrons. The molecule has 0 fully saturated rings. The van der Waals surface area contributed by atoms with Crippen molar-refractivity contribution >= 4 is 28.1 Å². The number of anilines is 1. The molecule has 2 heterocycles. The number of alkyl halides is 2. The van der Waals surface area contributed by atoms with E-state index in [1.807, 2.05) is 36.4 Å². The fourth-order valence-electron chi connectivity index (χ4n) is 2.32. The van der Waals surface area contributed by atoms with Crippen LogP contribution < -0.4 is 4.90 Å². The Labute approximate surface area is 131 Å². The van der Waals surface area contributed by atoms with Crippen molar-refractivity contribution in [2.75, 3.05) is 11.9 Å². The van der Waals surface area contributed by atoms with Gasteiger partial charge in [0.25, 0.3) is 6.43 Å². The average molecular weight is 319 g/mol. The van der Waals surface area contributed by atoms with Crippen molar-refractivity contribution in [1.82, 2.24) is 9.97 Å². The van der Waals surface area contributed by atoms with Gasteiger partial charge in [-0.3, -0.25) is 0 Å². The van der Waals surface area contributed by atoms with E-state index in [0.29, 0.717) is 17.9 Å². The minimum Gasteiger partial charge on any atom is -0.354 e. The van der Waals surface area contributed by atoms with Gasteiger partial charge in [0.2, 0.25) is 0 Å². The molecule has 0 saturated carbocycles. The molecule has 0 bridgehead atoms. The van der Waals surface area contributed by atoms with Crippen LogP contribution in [0.15, 0.2) is 35.7 Å².